The predicted octanol–water partition coefficient (Wildman–Crippen LogP) is 3.83. The molecule has 0 aliphatic rings. The summed E-state index contributed by atoms with van der Waals surface area (Å²) in [6.07, 6.45) is 0. The molecule has 1 aromatic heterocycles. The topological polar surface area (TPSA) is 67.2 Å². The van der Waals surface area contributed by atoms with E-state index in [0.717, 1.165) is 5.56 Å². The van der Waals surface area contributed by atoms with Gasteiger partial charge in [-0.05, 0) is 38.5 Å². The van der Waals surface area contributed by atoms with E-state index in [2.05, 4.69) is 15.8 Å². The number of benzene rings is 1. The molecule has 1 heterocycles. The van der Waals surface area contributed by atoms with E-state index < -0.39 is 0 Å². The van der Waals surface area contributed by atoms with Crippen molar-refractivity contribution in [1.82, 2.24) is 10.5 Å². The average Bonchev–Trinajstić information content (AvgIpc) is 2.71. The summed E-state index contributed by atoms with van der Waals surface area (Å²) in [5.74, 6) is 0.580. The second kappa shape index (κ2) is 5.96. The lowest BCUT2D eigenvalue weighted by molar-refractivity contribution is 0.249. The number of nitrogens with zero attached hydrogens (tertiary/aromatic N) is 1. The summed E-state index contributed by atoms with van der Waals surface area (Å²) in [6, 6.07) is 6.91. The Morgan fingerprint density at radius 3 is 2.50 bits per heavy atom. The second-order valence-corrected chi connectivity index (χ2v) is 5.01. The number of anilines is 1. The van der Waals surface area contributed by atoms with E-state index in [4.69, 9.17) is 16.1 Å². The van der Waals surface area contributed by atoms with E-state index in [-0.39, 0.29) is 12.1 Å². The van der Waals surface area contributed by atoms with Gasteiger partial charge in [-0.15, -0.1) is 0 Å². The molecule has 0 saturated heterocycles. The van der Waals surface area contributed by atoms with Crippen LogP contribution in [0, 0.1) is 13.8 Å². The van der Waals surface area contributed by atoms with Crippen molar-refractivity contribution in [2.24, 2.45) is 0 Å². The minimum atomic E-state index is -0.304. The average molecular weight is 294 g/mol. The number of rotatable bonds is 3. The molecule has 20 heavy (non-hydrogen) atoms. The molecule has 0 unspecified atom stereocenters. The Morgan fingerprint density at radius 1 is 1.30 bits per heavy atom. The number of nitrogens with one attached hydrogen (secondary N) is 2. The zero-order valence-electron chi connectivity index (χ0n) is 11.5. The largest absolute Gasteiger partial charge is 0.359 e. The third kappa shape index (κ3) is 3.30. The van der Waals surface area contributed by atoms with Crippen LogP contribution in [0.4, 0.5) is 10.5 Å². The summed E-state index contributed by atoms with van der Waals surface area (Å²) >= 11 is 5.83. The van der Waals surface area contributed by atoms with Crippen LogP contribution in [-0.4, -0.2) is 11.2 Å². The Morgan fingerprint density at radius 2 is 1.95 bits per heavy atom. The summed E-state index contributed by atoms with van der Waals surface area (Å²) in [5.41, 5.74) is 2.23. The number of halogens is 1. The lowest BCUT2D eigenvalue weighted by atomic mass is 10.1. The molecule has 1 aromatic carbocycles. The molecule has 2 aromatic rings. The number of hydrogen-bond acceptors (Lipinski definition) is 3. The van der Waals surface area contributed by atoms with Gasteiger partial charge in [-0.1, -0.05) is 28.9 Å². The highest BCUT2D eigenvalue weighted by atomic mass is 35.5. The van der Waals surface area contributed by atoms with Crippen molar-refractivity contribution < 1.29 is 9.32 Å². The Hall–Kier alpha value is -2.01. The molecule has 0 aliphatic heterocycles. The SMILES string of the molecule is Cc1noc(C)c1NC(=O)N[C@@H](C)c1ccc(Cl)cc1. The van der Waals surface area contributed by atoms with Crippen molar-refractivity contribution in [2.75, 3.05) is 5.32 Å². The van der Waals surface area contributed by atoms with E-state index in [9.17, 15) is 4.79 Å². The third-order valence-electron chi connectivity index (χ3n) is 2.99. The van der Waals surface area contributed by atoms with Crippen molar-refractivity contribution in [2.45, 2.75) is 26.8 Å². The molecule has 0 saturated carbocycles. The minimum Gasteiger partial charge on any atom is -0.359 e. The summed E-state index contributed by atoms with van der Waals surface area (Å²) in [4.78, 5) is 11.9. The van der Waals surface area contributed by atoms with Gasteiger partial charge >= 0.3 is 6.03 Å². The zero-order valence-corrected chi connectivity index (χ0v) is 12.3. The van der Waals surface area contributed by atoms with Crippen LogP contribution in [0.15, 0.2) is 28.8 Å². The molecule has 2 N–H and O–H groups in total. The van der Waals surface area contributed by atoms with Crippen LogP contribution in [-0.2, 0) is 0 Å². The first-order chi connectivity index (χ1) is 9.47. The summed E-state index contributed by atoms with van der Waals surface area (Å²) in [5, 5.41) is 10.0. The van der Waals surface area contributed by atoms with Gasteiger partial charge in [-0.2, -0.15) is 0 Å². The van der Waals surface area contributed by atoms with E-state index in [0.29, 0.717) is 22.2 Å². The fourth-order valence-electron chi connectivity index (χ4n) is 1.84. The Balaban J connectivity index is 1.99. The van der Waals surface area contributed by atoms with Gasteiger partial charge in [0.2, 0.25) is 0 Å². The molecule has 5 nitrogen and oxygen atoms in total. The number of hydrogen-bond donors (Lipinski definition) is 2. The van der Waals surface area contributed by atoms with Gasteiger partial charge < -0.3 is 15.2 Å². The number of aryl methyl sites for hydroxylation is 2. The Bertz CT molecular complexity index is 588. The first-order valence-electron chi connectivity index (χ1n) is 6.23. The van der Waals surface area contributed by atoms with Crippen LogP contribution in [0.3, 0.4) is 0 Å². The smallest absolute Gasteiger partial charge is 0.319 e. The first-order valence-corrected chi connectivity index (χ1v) is 6.61. The number of aromatic nitrogens is 1. The molecule has 0 fully saturated rings. The maximum absolute atomic E-state index is 11.9. The van der Waals surface area contributed by atoms with Crippen molar-refractivity contribution in [3.05, 3.63) is 46.3 Å². The number of carbonyl (C=O) groups is 1. The monoisotopic (exact) mass is 293 g/mol. The van der Waals surface area contributed by atoms with Gasteiger partial charge in [0.05, 0.1) is 6.04 Å². The van der Waals surface area contributed by atoms with Gasteiger partial charge in [-0.3, -0.25) is 0 Å². The minimum absolute atomic E-state index is 0.132. The molecule has 106 valence electrons. The lowest BCUT2D eigenvalue weighted by Crippen LogP contribution is -2.31. The fourth-order valence-corrected chi connectivity index (χ4v) is 1.97. The van der Waals surface area contributed by atoms with E-state index in [1.807, 2.05) is 19.1 Å². The molecular formula is C14H16ClN3O2. The van der Waals surface area contributed by atoms with Gasteiger partial charge in [0.25, 0.3) is 0 Å². The van der Waals surface area contributed by atoms with Gasteiger partial charge in [0, 0.05) is 5.02 Å². The van der Waals surface area contributed by atoms with Gasteiger partial charge in [0.15, 0.2) is 5.76 Å². The molecule has 0 bridgehead atoms. The highest BCUT2D eigenvalue weighted by Crippen LogP contribution is 2.19. The molecule has 0 radical (unpaired) electrons. The van der Waals surface area contributed by atoms with Crippen LogP contribution in [0.1, 0.15) is 30.0 Å². The van der Waals surface area contributed by atoms with Crippen molar-refractivity contribution in [3.8, 4) is 0 Å². The molecule has 0 aliphatic carbocycles. The number of amides is 2. The highest BCUT2D eigenvalue weighted by molar-refractivity contribution is 6.30. The van der Waals surface area contributed by atoms with Crippen LogP contribution in [0.25, 0.3) is 0 Å². The van der Waals surface area contributed by atoms with Crippen molar-refractivity contribution in [1.29, 1.82) is 0 Å². The summed E-state index contributed by atoms with van der Waals surface area (Å²) < 4.78 is 4.99. The maximum Gasteiger partial charge on any atom is 0.319 e. The number of carbonyl (C=O) groups excluding carboxylic acids is 1. The predicted molar refractivity (Wildman–Crippen MR) is 78.0 cm³/mol. The van der Waals surface area contributed by atoms with Crippen LogP contribution < -0.4 is 10.6 Å². The van der Waals surface area contributed by atoms with Crippen LogP contribution in [0.2, 0.25) is 5.02 Å². The van der Waals surface area contributed by atoms with Gasteiger partial charge in [-0.25, -0.2) is 4.79 Å². The molecule has 0 spiro atoms. The van der Waals surface area contributed by atoms with Gasteiger partial charge in [0.1, 0.15) is 11.4 Å². The lowest BCUT2D eigenvalue weighted by Gasteiger charge is -2.15. The third-order valence-corrected chi connectivity index (χ3v) is 3.24. The van der Waals surface area contributed by atoms with E-state index >= 15 is 0 Å². The standard InChI is InChI=1S/C14H16ClN3O2/c1-8(11-4-6-12(15)7-5-11)16-14(19)17-13-9(2)18-20-10(13)3/h4-8H,1-3H3,(H2,16,17,19)/t8-/m0/s1. The second-order valence-electron chi connectivity index (χ2n) is 4.57. The summed E-state index contributed by atoms with van der Waals surface area (Å²) in [7, 11) is 0. The van der Waals surface area contributed by atoms with Crippen molar-refractivity contribution in [3.63, 3.8) is 0 Å². The first kappa shape index (κ1) is 14.4. The molecular weight excluding hydrogens is 278 g/mol. The number of urea groups is 1. The molecule has 2 rings (SSSR count). The molecule has 6 heteroatoms. The van der Waals surface area contributed by atoms with Crippen LogP contribution in [0.5, 0.6) is 0 Å². The normalized spacial score (nSPS) is 12.0. The fraction of sp³-hybridized carbons (Fsp3) is 0.286. The zero-order chi connectivity index (χ0) is 14.7. The summed E-state index contributed by atoms with van der Waals surface area (Å²) in [6.45, 7) is 5.42. The Kier molecular flexibility index (Phi) is 4.29. The highest BCUT2D eigenvalue weighted by Gasteiger charge is 2.14. The van der Waals surface area contributed by atoms with Crippen molar-refractivity contribution >= 4 is 23.3 Å². The quantitative estimate of drug-likeness (QED) is 0.904. The molecule has 1 atom stereocenters. The van der Waals surface area contributed by atoms with Crippen LogP contribution >= 0.6 is 11.6 Å². The van der Waals surface area contributed by atoms with E-state index in [1.54, 1.807) is 26.0 Å². The maximum atomic E-state index is 11.9. The van der Waals surface area contributed by atoms with E-state index in [1.165, 1.54) is 0 Å². The Labute approximate surface area is 122 Å². The molecule has 2 amide bonds.